The second-order valence-corrected chi connectivity index (χ2v) is 8.80. The number of ketones is 1. The summed E-state index contributed by atoms with van der Waals surface area (Å²) in [5, 5.41) is 3.66. The predicted octanol–water partition coefficient (Wildman–Crippen LogP) is 6.65. The van der Waals surface area contributed by atoms with Crippen LogP contribution in [0.2, 0.25) is 0 Å². The van der Waals surface area contributed by atoms with Gasteiger partial charge >= 0.3 is 0 Å². The van der Waals surface area contributed by atoms with Crippen molar-refractivity contribution in [3.05, 3.63) is 89.0 Å². The molecule has 2 aliphatic heterocycles. The number of para-hydroxylation sites is 1. The van der Waals surface area contributed by atoms with E-state index in [1.54, 1.807) is 6.92 Å². The van der Waals surface area contributed by atoms with Gasteiger partial charge in [-0.1, -0.05) is 54.6 Å². The Kier molecular flexibility index (Phi) is 4.11. The first-order valence-corrected chi connectivity index (χ1v) is 10.4. The minimum atomic E-state index is -0.239. The van der Waals surface area contributed by atoms with Crippen LogP contribution in [-0.2, 0) is 0 Å². The van der Waals surface area contributed by atoms with Crippen molar-refractivity contribution in [2.75, 3.05) is 5.32 Å². The van der Waals surface area contributed by atoms with Crippen LogP contribution in [0, 0.1) is 0 Å². The zero-order chi connectivity index (χ0) is 21.0. The van der Waals surface area contributed by atoms with Gasteiger partial charge in [-0.25, -0.2) is 0 Å². The minimum absolute atomic E-state index is 0.0689. The molecule has 1 N–H and O–H groups in total. The van der Waals surface area contributed by atoms with Crippen LogP contribution < -0.4 is 10.1 Å². The van der Waals surface area contributed by atoms with Crippen LogP contribution in [0.5, 0.6) is 5.75 Å². The molecule has 0 saturated carbocycles. The van der Waals surface area contributed by atoms with Crippen LogP contribution in [0.15, 0.2) is 66.7 Å². The molecular formula is C27H25NO2. The maximum Gasteiger partial charge on any atom is 0.159 e. The van der Waals surface area contributed by atoms with Gasteiger partial charge in [0, 0.05) is 27.9 Å². The summed E-state index contributed by atoms with van der Waals surface area (Å²) >= 11 is 0. The van der Waals surface area contributed by atoms with Gasteiger partial charge in [0.2, 0.25) is 0 Å². The van der Waals surface area contributed by atoms with E-state index in [-0.39, 0.29) is 17.4 Å². The van der Waals surface area contributed by atoms with E-state index in [4.69, 9.17) is 4.74 Å². The van der Waals surface area contributed by atoms with Crippen LogP contribution in [0.3, 0.4) is 0 Å². The lowest BCUT2D eigenvalue weighted by molar-refractivity contribution is 0.101. The van der Waals surface area contributed by atoms with E-state index < -0.39 is 0 Å². The zero-order valence-electron chi connectivity index (χ0n) is 17.7. The number of carbonyl (C=O) groups is 1. The Morgan fingerprint density at radius 1 is 0.967 bits per heavy atom. The van der Waals surface area contributed by atoms with Crippen molar-refractivity contribution in [2.24, 2.45) is 0 Å². The van der Waals surface area contributed by atoms with Crippen LogP contribution in [0.1, 0.15) is 60.8 Å². The first kappa shape index (κ1) is 18.7. The first-order valence-electron chi connectivity index (χ1n) is 10.4. The summed E-state index contributed by atoms with van der Waals surface area (Å²) in [5.74, 6) is 0.954. The zero-order valence-corrected chi connectivity index (χ0v) is 17.7. The smallest absolute Gasteiger partial charge is 0.159 e. The molecule has 2 heterocycles. The van der Waals surface area contributed by atoms with E-state index in [9.17, 15) is 4.79 Å². The molecule has 0 aromatic heterocycles. The SMILES string of the molecule is CC(=O)c1ccc([C@H]2Oc3ccccc3-c3ccc4c(c32)C(C)=CC(C)(C)N4)cc1. The molecule has 3 nitrogen and oxygen atoms in total. The topological polar surface area (TPSA) is 38.3 Å². The highest BCUT2D eigenvalue weighted by atomic mass is 16.5. The molecule has 0 fully saturated rings. The lowest BCUT2D eigenvalue weighted by atomic mass is 9.80. The molecule has 1 atom stereocenters. The summed E-state index contributed by atoms with van der Waals surface area (Å²) < 4.78 is 6.57. The summed E-state index contributed by atoms with van der Waals surface area (Å²) in [5.41, 5.74) is 8.74. The number of hydrogen-bond donors (Lipinski definition) is 1. The Bertz CT molecular complexity index is 1200. The third-order valence-electron chi connectivity index (χ3n) is 5.98. The lowest BCUT2D eigenvalue weighted by Crippen LogP contribution is -2.32. The summed E-state index contributed by atoms with van der Waals surface area (Å²) in [6, 6.07) is 20.4. The molecule has 0 amide bonds. The number of rotatable bonds is 2. The number of allylic oxidation sites excluding steroid dienone is 1. The largest absolute Gasteiger partial charge is 0.480 e. The molecule has 3 aromatic carbocycles. The van der Waals surface area contributed by atoms with Crippen molar-refractivity contribution < 1.29 is 9.53 Å². The molecule has 0 unspecified atom stereocenters. The fraction of sp³-hybridized carbons (Fsp3) is 0.222. The maximum atomic E-state index is 11.7. The molecule has 150 valence electrons. The number of nitrogens with one attached hydrogen (secondary N) is 1. The predicted molar refractivity (Wildman–Crippen MR) is 122 cm³/mol. The van der Waals surface area contributed by atoms with Gasteiger partial charge in [-0.2, -0.15) is 0 Å². The van der Waals surface area contributed by atoms with Gasteiger partial charge in [-0.3, -0.25) is 4.79 Å². The quantitative estimate of drug-likeness (QED) is 0.494. The minimum Gasteiger partial charge on any atom is -0.480 e. The van der Waals surface area contributed by atoms with E-state index in [1.165, 1.54) is 22.3 Å². The third-order valence-corrected chi connectivity index (χ3v) is 5.98. The molecule has 3 aromatic rings. The first-order chi connectivity index (χ1) is 14.3. The Morgan fingerprint density at radius 3 is 2.43 bits per heavy atom. The molecule has 2 aliphatic rings. The van der Waals surface area contributed by atoms with Crippen LogP contribution in [-0.4, -0.2) is 11.3 Å². The van der Waals surface area contributed by atoms with Crippen molar-refractivity contribution in [1.29, 1.82) is 0 Å². The summed E-state index contributed by atoms with van der Waals surface area (Å²) in [6.07, 6.45) is 2.05. The second kappa shape index (κ2) is 6.60. The molecule has 0 saturated heterocycles. The van der Waals surface area contributed by atoms with Gasteiger partial charge in [-0.15, -0.1) is 0 Å². The molecular weight excluding hydrogens is 370 g/mol. The average Bonchev–Trinajstić information content (AvgIpc) is 2.71. The number of Topliss-reactive ketones (excluding diaryl/α,β-unsaturated/α-hetero) is 1. The van der Waals surface area contributed by atoms with Crippen LogP contribution in [0.25, 0.3) is 16.7 Å². The Balaban J connectivity index is 1.75. The number of anilines is 1. The van der Waals surface area contributed by atoms with E-state index in [0.29, 0.717) is 5.56 Å². The highest BCUT2D eigenvalue weighted by molar-refractivity contribution is 5.94. The maximum absolute atomic E-state index is 11.7. The molecule has 30 heavy (non-hydrogen) atoms. The summed E-state index contributed by atoms with van der Waals surface area (Å²) in [7, 11) is 0. The number of carbonyl (C=O) groups excluding carboxylic acids is 1. The van der Waals surface area contributed by atoms with Gasteiger partial charge < -0.3 is 10.1 Å². The highest BCUT2D eigenvalue weighted by Gasteiger charge is 2.34. The average molecular weight is 396 g/mol. The fourth-order valence-corrected chi connectivity index (χ4v) is 4.76. The number of fused-ring (bicyclic) bond motifs is 5. The Hall–Kier alpha value is -3.33. The molecule has 0 bridgehead atoms. The van der Waals surface area contributed by atoms with Gasteiger partial charge in [-0.05, 0) is 56.5 Å². The van der Waals surface area contributed by atoms with E-state index in [2.05, 4.69) is 56.4 Å². The van der Waals surface area contributed by atoms with Gasteiger partial charge in [0.15, 0.2) is 11.9 Å². The molecule has 5 rings (SSSR count). The van der Waals surface area contributed by atoms with Crippen molar-refractivity contribution in [3.63, 3.8) is 0 Å². The van der Waals surface area contributed by atoms with Crippen molar-refractivity contribution in [3.8, 4) is 16.9 Å². The van der Waals surface area contributed by atoms with Crippen molar-refractivity contribution in [2.45, 2.75) is 39.3 Å². The summed E-state index contributed by atoms with van der Waals surface area (Å²) in [4.78, 5) is 11.7. The van der Waals surface area contributed by atoms with E-state index in [1.807, 2.05) is 36.4 Å². The normalized spacial score (nSPS) is 18.1. The van der Waals surface area contributed by atoms with E-state index in [0.717, 1.165) is 22.6 Å². The Morgan fingerprint density at radius 2 is 1.70 bits per heavy atom. The number of ether oxygens (including phenoxy) is 1. The van der Waals surface area contributed by atoms with Gasteiger partial charge in [0.05, 0.1) is 5.54 Å². The standard InChI is InChI=1S/C27H25NO2/c1-16-15-27(3,4)28-22-14-13-21-20-7-5-6-8-23(20)30-26(25(21)24(16)22)19-11-9-18(10-12-19)17(2)29/h5-15,26,28H,1-4H3/t26-/m1/s1. The second-order valence-electron chi connectivity index (χ2n) is 8.80. The summed E-state index contributed by atoms with van der Waals surface area (Å²) in [6.45, 7) is 8.14. The van der Waals surface area contributed by atoms with Crippen LogP contribution >= 0.6 is 0 Å². The number of benzene rings is 3. The van der Waals surface area contributed by atoms with Gasteiger partial charge in [0.25, 0.3) is 0 Å². The molecule has 0 spiro atoms. The monoisotopic (exact) mass is 395 g/mol. The van der Waals surface area contributed by atoms with Crippen molar-refractivity contribution in [1.82, 2.24) is 0 Å². The van der Waals surface area contributed by atoms with E-state index >= 15 is 0 Å². The van der Waals surface area contributed by atoms with Gasteiger partial charge in [0.1, 0.15) is 5.75 Å². The van der Waals surface area contributed by atoms with Crippen molar-refractivity contribution >= 4 is 17.0 Å². The lowest BCUT2D eigenvalue weighted by Gasteiger charge is -2.37. The number of hydrogen-bond acceptors (Lipinski definition) is 3. The van der Waals surface area contributed by atoms with Crippen LogP contribution in [0.4, 0.5) is 5.69 Å². The molecule has 0 radical (unpaired) electrons. The third kappa shape index (κ3) is 2.93. The molecule has 3 heteroatoms. The Labute approximate surface area is 177 Å². The molecule has 0 aliphatic carbocycles. The highest BCUT2D eigenvalue weighted by Crippen LogP contribution is 2.50. The fourth-order valence-electron chi connectivity index (χ4n) is 4.76.